The molecular weight excluding hydrogens is 294 g/mol. The molecule has 0 bridgehead atoms. The summed E-state index contributed by atoms with van der Waals surface area (Å²) in [6.07, 6.45) is 1.33. The summed E-state index contributed by atoms with van der Waals surface area (Å²) in [5.74, 6) is -0.338. The lowest BCUT2D eigenvalue weighted by atomic mass is 9.93. The molecule has 0 spiro atoms. The molecule has 98 valence electrons. The average Bonchev–Trinajstić information content (AvgIpc) is 2.25. The number of carboxylic acids is 1. The zero-order valence-corrected chi connectivity index (χ0v) is 12.1. The van der Waals surface area contributed by atoms with Gasteiger partial charge in [0, 0.05) is 23.6 Å². The number of benzene rings is 1. The molecule has 1 aliphatic heterocycles. The van der Waals surface area contributed by atoms with Gasteiger partial charge in [-0.15, -0.1) is 0 Å². The van der Waals surface area contributed by atoms with Gasteiger partial charge in [0.05, 0.1) is 6.42 Å². The Hall–Kier alpha value is -0.870. The lowest BCUT2D eigenvalue weighted by molar-refractivity contribution is -0.139. The van der Waals surface area contributed by atoms with Crippen molar-refractivity contribution in [3.05, 3.63) is 34.3 Å². The Morgan fingerprint density at radius 2 is 2.06 bits per heavy atom. The van der Waals surface area contributed by atoms with Gasteiger partial charge in [0.1, 0.15) is 0 Å². The number of halogens is 1. The number of hydrogen-bond donors (Lipinski definition) is 1. The molecule has 1 aliphatic rings. The van der Waals surface area contributed by atoms with Gasteiger partial charge in [-0.2, -0.15) is 0 Å². The molecule has 1 heterocycles. The largest absolute Gasteiger partial charge is 0.481 e. The molecule has 1 unspecified atom stereocenters. The fourth-order valence-electron chi connectivity index (χ4n) is 2.44. The lowest BCUT2D eigenvalue weighted by Gasteiger charge is -2.42. The van der Waals surface area contributed by atoms with Crippen LogP contribution in [-0.2, 0) is 11.2 Å². The normalized spacial score (nSPS) is 18.3. The maximum Gasteiger partial charge on any atom is 0.303 e. The van der Waals surface area contributed by atoms with Crippen LogP contribution < -0.4 is 0 Å². The third-order valence-electron chi connectivity index (χ3n) is 3.52. The predicted octanol–water partition coefficient (Wildman–Crippen LogP) is 2.79. The van der Waals surface area contributed by atoms with Gasteiger partial charge in [-0.05, 0) is 37.0 Å². The first kappa shape index (κ1) is 13.6. The zero-order chi connectivity index (χ0) is 13.1. The molecule has 3 nitrogen and oxygen atoms in total. The fraction of sp³-hybridized carbons (Fsp3) is 0.500. The highest BCUT2D eigenvalue weighted by Gasteiger charge is 2.31. The molecule has 0 aliphatic carbocycles. The Morgan fingerprint density at radius 3 is 2.61 bits per heavy atom. The minimum atomic E-state index is -0.680. The molecule has 1 N–H and O–H groups in total. The van der Waals surface area contributed by atoms with E-state index in [1.165, 1.54) is 5.56 Å². The van der Waals surface area contributed by atoms with Crippen molar-refractivity contribution in [3.8, 4) is 0 Å². The van der Waals surface area contributed by atoms with Gasteiger partial charge >= 0.3 is 5.97 Å². The second-order valence-corrected chi connectivity index (χ2v) is 6.01. The van der Waals surface area contributed by atoms with E-state index in [2.05, 4.69) is 52.0 Å². The quantitative estimate of drug-likeness (QED) is 0.909. The fourth-order valence-corrected chi connectivity index (χ4v) is 2.70. The van der Waals surface area contributed by atoms with Crippen LogP contribution in [0.3, 0.4) is 0 Å². The van der Waals surface area contributed by atoms with Gasteiger partial charge in [-0.3, -0.25) is 9.69 Å². The predicted molar refractivity (Wildman–Crippen MR) is 74.6 cm³/mol. The first-order chi connectivity index (χ1) is 8.54. The molecule has 1 fully saturated rings. The van der Waals surface area contributed by atoms with Crippen LogP contribution in [0.4, 0.5) is 0 Å². The maximum atomic E-state index is 10.6. The molecule has 1 atom stereocenters. The maximum absolute atomic E-state index is 10.6. The molecule has 4 heteroatoms. The van der Waals surface area contributed by atoms with Crippen LogP contribution in [0, 0.1) is 5.92 Å². The number of likely N-dealkylation sites (tertiary alicyclic amines) is 1. The standard InChI is InChI=1S/C14H18BrNO2/c1-10(6-11-2-4-13(15)5-3-11)16-8-12(9-16)7-14(17)18/h2-5,10,12H,6-9H2,1H3,(H,17,18). The van der Waals surface area contributed by atoms with Crippen molar-refractivity contribution in [2.45, 2.75) is 25.8 Å². The van der Waals surface area contributed by atoms with Gasteiger partial charge in [0.25, 0.3) is 0 Å². The van der Waals surface area contributed by atoms with Crippen LogP contribution in [0.25, 0.3) is 0 Å². The van der Waals surface area contributed by atoms with Crippen molar-refractivity contribution in [3.63, 3.8) is 0 Å². The van der Waals surface area contributed by atoms with E-state index in [1.54, 1.807) is 0 Å². The van der Waals surface area contributed by atoms with Crippen molar-refractivity contribution >= 4 is 21.9 Å². The van der Waals surface area contributed by atoms with Crippen molar-refractivity contribution in [1.82, 2.24) is 4.90 Å². The van der Waals surface area contributed by atoms with Crippen molar-refractivity contribution in [2.75, 3.05) is 13.1 Å². The Kier molecular flexibility index (Phi) is 4.40. The number of carbonyl (C=O) groups is 1. The second-order valence-electron chi connectivity index (χ2n) is 5.10. The van der Waals surface area contributed by atoms with Gasteiger partial charge in [-0.25, -0.2) is 0 Å². The van der Waals surface area contributed by atoms with E-state index < -0.39 is 5.97 Å². The molecule has 0 aromatic heterocycles. The Balaban J connectivity index is 1.78. The van der Waals surface area contributed by atoms with E-state index in [-0.39, 0.29) is 0 Å². The summed E-state index contributed by atoms with van der Waals surface area (Å²) in [6, 6.07) is 8.87. The summed E-state index contributed by atoms with van der Waals surface area (Å²) < 4.78 is 1.10. The molecule has 2 rings (SSSR count). The van der Waals surface area contributed by atoms with E-state index in [4.69, 9.17) is 5.11 Å². The molecule has 1 aromatic carbocycles. The average molecular weight is 312 g/mol. The monoisotopic (exact) mass is 311 g/mol. The van der Waals surface area contributed by atoms with Crippen LogP contribution in [0.2, 0.25) is 0 Å². The summed E-state index contributed by atoms with van der Waals surface area (Å²) in [5.41, 5.74) is 1.33. The summed E-state index contributed by atoms with van der Waals surface area (Å²) in [5, 5.41) is 8.71. The number of nitrogens with zero attached hydrogens (tertiary/aromatic N) is 1. The highest BCUT2D eigenvalue weighted by molar-refractivity contribution is 9.10. The molecule has 0 amide bonds. The number of carboxylic acid groups (broad SMARTS) is 1. The summed E-state index contributed by atoms with van der Waals surface area (Å²) in [6.45, 7) is 4.05. The van der Waals surface area contributed by atoms with Crippen molar-refractivity contribution < 1.29 is 9.90 Å². The van der Waals surface area contributed by atoms with E-state index in [9.17, 15) is 4.79 Å². The van der Waals surface area contributed by atoms with Crippen molar-refractivity contribution in [1.29, 1.82) is 0 Å². The topological polar surface area (TPSA) is 40.5 Å². The first-order valence-electron chi connectivity index (χ1n) is 6.25. The molecule has 0 radical (unpaired) electrons. The van der Waals surface area contributed by atoms with Gasteiger partial charge in [0.2, 0.25) is 0 Å². The van der Waals surface area contributed by atoms with Crippen LogP contribution in [0.1, 0.15) is 18.9 Å². The summed E-state index contributed by atoms with van der Waals surface area (Å²) >= 11 is 3.43. The van der Waals surface area contributed by atoms with E-state index in [0.717, 1.165) is 24.0 Å². The first-order valence-corrected chi connectivity index (χ1v) is 7.04. The third kappa shape index (κ3) is 3.56. The minimum Gasteiger partial charge on any atom is -0.481 e. The zero-order valence-electron chi connectivity index (χ0n) is 10.5. The van der Waals surface area contributed by atoms with Crippen LogP contribution in [0.15, 0.2) is 28.7 Å². The number of aliphatic carboxylic acids is 1. The molecule has 18 heavy (non-hydrogen) atoms. The lowest BCUT2D eigenvalue weighted by Crippen LogP contribution is -2.52. The Bertz CT molecular complexity index is 412. The smallest absolute Gasteiger partial charge is 0.303 e. The van der Waals surface area contributed by atoms with E-state index in [0.29, 0.717) is 18.4 Å². The summed E-state index contributed by atoms with van der Waals surface area (Å²) in [4.78, 5) is 12.9. The highest BCUT2D eigenvalue weighted by Crippen LogP contribution is 2.23. The molecule has 1 aromatic rings. The van der Waals surface area contributed by atoms with Crippen molar-refractivity contribution in [2.24, 2.45) is 5.92 Å². The van der Waals surface area contributed by atoms with Crippen LogP contribution in [-0.4, -0.2) is 35.1 Å². The summed E-state index contributed by atoms with van der Waals surface area (Å²) in [7, 11) is 0. The van der Waals surface area contributed by atoms with Gasteiger partial charge in [-0.1, -0.05) is 28.1 Å². The Labute approximate surface area is 116 Å². The van der Waals surface area contributed by atoms with E-state index in [1.807, 2.05) is 0 Å². The Morgan fingerprint density at radius 1 is 1.44 bits per heavy atom. The molecular formula is C14H18BrNO2. The van der Waals surface area contributed by atoms with Crippen LogP contribution in [0.5, 0.6) is 0 Å². The molecule has 0 saturated carbocycles. The minimum absolute atomic E-state index is 0.307. The highest BCUT2D eigenvalue weighted by atomic mass is 79.9. The SMILES string of the molecule is CC(Cc1ccc(Br)cc1)N1CC(CC(=O)O)C1. The number of hydrogen-bond acceptors (Lipinski definition) is 2. The van der Waals surface area contributed by atoms with Gasteiger partial charge in [0.15, 0.2) is 0 Å². The second kappa shape index (κ2) is 5.85. The third-order valence-corrected chi connectivity index (χ3v) is 4.05. The molecule has 1 saturated heterocycles. The van der Waals surface area contributed by atoms with E-state index >= 15 is 0 Å². The van der Waals surface area contributed by atoms with Gasteiger partial charge < -0.3 is 5.11 Å². The van der Waals surface area contributed by atoms with Crippen LogP contribution >= 0.6 is 15.9 Å². The number of rotatable bonds is 5.